The van der Waals surface area contributed by atoms with Gasteiger partial charge in [-0.1, -0.05) is 20.8 Å². The van der Waals surface area contributed by atoms with E-state index in [9.17, 15) is 4.79 Å². The van der Waals surface area contributed by atoms with Gasteiger partial charge in [0, 0.05) is 44.1 Å². The minimum absolute atomic E-state index is 0.0840. The lowest BCUT2D eigenvalue weighted by atomic mass is 9.92. The standard InChI is InChI=1S/C18H26N6O2/c1-18(2,3)14-10-12(21-22-14)17(25)24-8-9-26-13(11-24)15-16(23(4)5)20-7-6-19-15/h6-7,10,13H,8-9,11H2,1-5H3,(H,21,22)/t13-/m1/s1. The van der Waals surface area contributed by atoms with Crippen molar-refractivity contribution >= 4 is 11.7 Å². The number of anilines is 1. The largest absolute Gasteiger partial charge is 0.368 e. The maximum Gasteiger partial charge on any atom is 0.274 e. The van der Waals surface area contributed by atoms with Gasteiger partial charge >= 0.3 is 0 Å². The number of carbonyl (C=O) groups is 1. The first-order valence-electron chi connectivity index (χ1n) is 8.72. The molecule has 1 fully saturated rings. The highest BCUT2D eigenvalue weighted by Crippen LogP contribution is 2.27. The molecule has 2 aromatic heterocycles. The van der Waals surface area contributed by atoms with E-state index in [0.717, 1.165) is 17.2 Å². The molecule has 1 saturated heterocycles. The fourth-order valence-electron chi connectivity index (χ4n) is 2.89. The summed E-state index contributed by atoms with van der Waals surface area (Å²) in [5, 5.41) is 7.18. The molecular weight excluding hydrogens is 332 g/mol. The van der Waals surface area contributed by atoms with Crippen molar-refractivity contribution in [2.45, 2.75) is 32.3 Å². The molecule has 0 aliphatic carbocycles. The Hall–Kier alpha value is -2.48. The van der Waals surface area contributed by atoms with Crippen LogP contribution >= 0.6 is 0 Å². The maximum absolute atomic E-state index is 12.9. The minimum atomic E-state index is -0.306. The van der Waals surface area contributed by atoms with E-state index in [0.29, 0.717) is 25.4 Å². The number of ether oxygens (including phenoxy) is 1. The Balaban J connectivity index is 1.79. The number of aromatic nitrogens is 4. The highest BCUT2D eigenvalue weighted by molar-refractivity contribution is 5.92. The average molecular weight is 358 g/mol. The number of amides is 1. The van der Waals surface area contributed by atoms with Gasteiger partial charge in [-0.05, 0) is 6.07 Å². The van der Waals surface area contributed by atoms with Crippen molar-refractivity contribution < 1.29 is 9.53 Å². The molecule has 3 rings (SSSR count). The smallest absolute Gasteiger partial charge is 0.274 e. The van der Waals surface area contributed by atoms with Crippen LogP contribution in [0.25, 0.3) is 0 Å². The first kappa shape index (κ1) is 18.3. The molecule has 0 unspecified atom stereocenters. The highest BCUT2D eigenvalue weighted by atomic mass is 16.5. The molecular formula is C18H26N6O2. The van der Waals surface area contributed by atoms with Crippen molar-refractivity contribution in [1.82, 2.24) is 25.1 Å². The number of rotatable bonds is 3. The van der Waals surface area contributed by atoms with E-state index in [2.05, 4.69) is 40.9 Å². The van der Waals surface area contributed by atoms with E-state index >= 15 is 0 Å². The van der Waals surface area contributed by atoms with Gasteiger partial charge in [-0.3, -0.25) is 14.9 Å². The monoisotopic (exact) mass is 358 g/mol. The molecule has 1 aliphatic heterocycles. The number of hydrogen-bond donors (Lipinski definition) is 1. The summed E-state index contributed by atoms with van der Waals surface area (Å²) < 4.78 is 5.88. The summed E-state index contributed by atoms with van der Waals surface area (Å²) in [4.78, 5) is 25.4. The van der Waals surface area contributed by atoms with Crippen molar-refractivity contribution in [3.63, 3.8) is 0 Å². The van der Waals surface area contributed by atoms with Gasteiger partial charge in [-0.25, -0.2) is 4.98 Å². The molecule has 1 amide bonds. The molecule has 140 valence electrons. The predicted octanol–water partition coefficient (Wildman–Crippen LogP) is 1.78. The molecule has 0 aromatic carbocycles. The van der Waals surface area contributed by atoms with Crippen LogP contribution in [0.3, 0.4) is 0 Å². The van der Waals surface area contributed by atoms with E-state index in [4.69, 9.17) is 4.74 Å². The Labute approximate surface area is 153 Å². The molecule has 1 N–H and O–H groups in total. The lowest BCUT2D eigenvalue weighted by Gasteiger charge is -2.33. The Morgan fingerprint density at radius 2 is 2.04 bits per heavy atom. The lowest BCUT2D eigenvalue weighted by molar-refractivity contribution is -0.0248. The van der Waals surface area contributed by atoms with Crippen LogP contribution < -0.4 is 4.90 Å². The Bertz CT molecular complexity index is 780. The summed E-state index contributed by atoms with van der Waals surface area (Å²) in [6, 6.07) is 1.83. The SMILES string of the molecule is CN(C)c1nccnc1[C@H]1CN(C(=O)c2cc(C(C)(C)C)[nH]n2)CCO1. The van der Waals surface area contributed by atoms with Crippen LogP contribution in [0, 0.1) is 0 Å². The van der Waals surface area contributed by atoms with Gasteiger partial charge in [0.25, 0.3) is 5.91 Å². The van der Waals surface area contributed by atoms with Crippen LogP contribution in [0.2, 0.25) is 0 Å². The van der Waals surface area contributed by atoms with E-state index in [1.807, 2.05) is 25.1 Å². The second-order valence-electron chi connectivity index (χ2n) is 7.69. The predicted molar refractivity (Wildman–Crippen MR) is 98.2 cm³/mol. The fourth-order valence-corrected chi connectivity index (χ4v) is 2.89. The third-order valence-corrected chi connectivity index (χ3v) is 4.39. The summed E-state index contributed by atoms with van der Waals surface area (Å²) in [6.07, 6.45) is 3.00. The van der Waals surface area contributed by atoms with Crippen LogP contribution in [0.1, 0.15) is 48.8 Å². The molecule has 2 aromatic rings. The van der Waals surface area contributed by atoms with Gasteiger partial charge in [0.15, 0.2) is 5.82 Å². The van der Waals surface area contributed by atoms with Crippen LogP contribution in [0.15, 0.2) is 18.5 Å². The summed E-state index contributed by atoms with van der Waals surface area (Å²) in [5.74, 6) is 0.655. The summed E-state index contributed by atoms with van der Waals surface area (Å²) in [7, 11) is 3.83. The molecule has 26 heavy (non-hydrogen) atoms. The van der Waals surface area contributed by atoms with Crippen molar-refractivity contribution in [3.05, 3.63) is 35.5 Å². The molecule has 0 spiro atoms. The number of nitrogens with one attached hydrogen (secondary N) is 1. The van der Waals surface area contributed by atoms with Gasteiger partial charge in [-0.15, -0.1) is 0 Å². The van der Waals surface area contributed by atoms with E-state index in [1.165, 1.54) is 0 Å². The quantitative estimate of drug-likeness (QED) is 0.900. The first-order valence-corrected chi connectivity index (χ1v) is 8.72. The average Bonchev–Trinajstić information content (AvgIpc) is 3.11. The molecule has 8 nitrogen and oxygen atoms in total. The summed E-state index contributed by atoms with van der Waals surface area (Å²) in [6.45, 7) is 7.65. The van der Waals surface area contributed by atoms with Crippen LogP contribution in [-0.2, 0) is 10.2 Å². The third kappa shape index (κ3) is 3.70. The van der Waals surface area contributed by atoms with Crippen LogP contribution in [0.4, 0.5) is 5.82 Å². The van der Waals surface area contributed by atoms with Gasteiger partial charge < -0.3 is 14.5 Å². The first-order chi connectivity index (χ1) is 12.3. The van der Waals surface area contributed by atoms with E-state index in [1.54, 1.807) is 17.3 Å². The number of nitrogens with zero attached hydrogens (tertiary/aromatic N) is 5. The number of hydrogen-bond acceptors (Lipinski definition) is 6. The minimum Gasteiger partial charge on any atom is -0.368 e. The van der Waals surface area contributed by atoms with Crippen molar-refractivity contribution in [3.8, 4) is 0 Å². The highest BCUT2D eigenvalue weighted by Gasteiger charge is 2.31. The molecule has 0 radical (unpaired) electrons. The van der Waals surface area contributed by atoms with Crippen LogP contribution in [0.5, 0.6) is 0 Å². The zero-order valence-electron chi connectivity index (χ0n) is 16.0. The maximum atomic E-state index is 12.9. The van der Waals surface area contributed by atoms with E-state index < -0.39 is 0 Å². The second-order valence-corrected chi connectivity index (χ2v) is 7.69. The van der Waals surface area contributed by atoms with Gasteiger partial charge in [-0.2, -0.15) is 5.10 Å². The third-order valence-electron chi connectivity index (χ3n) is 4.39. The van der Waals surface area contributed by atoms with Crippen molar-refractivity contribution in [1.29, 1.82) is 0 Å². The van der Waals surface area contributed by atoms with Crippen LogP contribution in [-0.4, -0.2) is 64.8 Å². The van der Waals surface area contributed by atoms with Gasteiger partial charge in [0.2, 0.25) is 0 Å². The number of morpholine rings is 1. The molecule has 3 heterocycles. The Morgan fingerprint density at radius 1 is 1.31 bits per heavy atom. The Kier molecular flexibility index (Phi) is 4.95. The second kappa shape index (κ2) is 7.03. The molecule has 0 saturated carbocycles. The molecule has 8 heteroatoms. The van der Waals surface area contributed by atoms with Crippen molar-refractivity contribution in [2.24, 2.45) is 0 Å². The zero-order valence-corrected chi connectivity index (χ0v) is 16.0. The summed E-state index contributed by atoms with van der Waals surface area (Å²) >= 11 is 0. The number of H-pyrrole nitrogens is 1. The zero-order chi connectivity index (χ0) is 18.9. The lowest BCUT2D eigenvalue weighted by Crippen LogP contribution is -2.43. The molecule has 1 atom stereocenters. The number of aromatic amines is 1. The molecule has 1 aliphatic rings. The topological polar surface area (TPSA) is 87.2 Å². The van der Waals surface area contributed by atoms with Gasteiger partial charge in [0.1, 0.15) is 17.5 Å². The summed E-state index contributed by atoms with van der Waals surface area (Å²) in [5.41, 5.74) is 2.03. The Morgan fingerprint density at radius 3 is 2.69 bits per heavy atom. The van der Waals surface area contributed by atoms with E-state index in [-0.39, 0.29) is 17.4 Å². The fraction of sp³-hybridized carbons (Fsp3) is 0.556. The normalized spacial score (nSPS) is 18.0. The number of carbonyl (C=O) groups excluding carboxylic acids is 1. The molecule has 0 bridgehead atoms. The van der Waals surface area contributed by atoms with Gasteiger partial charge in [0.05, 0.1) is 13.2 Å². The van der Waals surface area contributed by atoms with Crippen molar-refractivity contribution in [2.75, 3.05) is 38.7 Å².